The number of rotatable bonds is 4. The molecule has 0 unspecified atom stereocenters. The summed E-state index contributed by atoms with van der Waals surface area (Å²) in [6, 6.07) is 0. The summed E-state index contributed by atoms with van der Waals surface area (Å²) >= 11 is 0. The van der Waals surface area contributed by atoms with Gasteiger partial charge < -0.3 is 56.0 Å². The number of fused-ring (bicyclic) bond motifs is 1. The molecular formula is C22H32F6N10O11S2Zn. The molecule has 2 aliphatic rings. The van der Waals surface area contributed by atoms with Crippen molar-refractivity contribution < 1.29 is 96.3 Å². The van der Waals surface area contributed by atoms with Crippen molar-refractivity contribution in [1.29, 1.82) is 0 Å². The molecule has 0 saturated carbocycles. The van der Waals surface area contributed by atoms with Crippen molar-refractivity contribution in [1.82, 2.24) is 45.7 Å². The third kappa shape index (κ3) is 13.8. The summed E-state index contributed by atoms with van der Waals surface area (Å²) in [7, 11) is -12.2. The number of nitrogens with one attached hydrogen (secondary N) is 4. The van der Waals surface area contributed by atoms with Crippen molar-refractivity contribution in [3.05, 3.63) is 12.7 Å². The van der Waals surface area contributed by atoms with E-state index in [1.807, 2.05) is 0 Å². The SMILES string of the molecule is Nc1ncnc2c1ncn2[C@@H]1O[C@H](C(=O)NCC(=O)N2CCNCCNCCNCC2)[C@@H](O)[C@H]1O.O=S(=O)([O-])C(F)(F)F.O=S(=O)([O-])C(F)(F)F.[Zn+2]. The van der Waals surface area contributed by atoms with E-state index in [1.54, 1.807) is 4.90 Å². The van der Waals surface area contributed by atoms with E-state index >= 15 is 0 Å². The van der Waals surface area contributed by atoms with Crippen LogP contribution in [-0.4, -0.2) is 161 Å². The number of aliphatic hydroxyl groups is 2. The van der Waals surface area contributed by atoms with Crippen molar-refractivity contribution in [2.24, 2.45) is 0 Å². The van der Waals surface area contributed by atoms with Gasteiger partial charge in [-0.3, -0.25) is 14.2 Å². The Labute approximate surface area is 303 Å². The first-order valence-electron chi connectivity index (χ1n) is 14.1. The smallest absolute Gasteiger partial charge is 0.741 e. The molecule has 4 heterocycles. The average Bonchev–Trinajstić information content (AvgIpc) is 3.56. The molecule has 0 aliphatic carbocycles. The van der Waals surface area contributed by atoms with Crippen LogP contribution in [-0.2, 0) is 54.0 Å². The van der Waals surface area contributed by atoms with Gasteiger partial charge >= 0.3 is 30.5 Å². The average molecular weight is 856 g/mol. The third-order valence-corrected chi connectivity index (χ3v) is 7.70. The minimum atomic E-state index is -6.09. The summed E-state index contributed by atoms with van der Waals surface area (Å²) in [4.78, 5) is 39.3. The van der Waals surface area contributed by atoms with Gasteiger partial charge in [0.1, 0.15) is 24.1 Å². The van der Waals surface area contributed by atoms with Gasteiger partial charge in [0.25, 0.3) is 5.91 Å². The second-order valence-corrected chi connectivity index (χ2v) is 12.9. The van der Waals surface area contributed by atoms with Crippen LogP contribution in [0.4, 0.5) is 32.2 Å². The van der Waals surface area contributed by atoms with Crippen molar-refractivity contribution in [3.63, 3.8) is 0 Å². The van der Waals surface area contributed by atoms with Crippen LogP contribution in [0, 0.1) is 0 Å². The van der Waals surface area contributed by atoms with Gasteiger partial charge in [-0.05, 0) is 0 Å². The first kappa shape index (κ1) is 47.1. The van der Waals surface area contributed by atoms with Gasteiger partial charge in [-0.15, -0.1) is 0 Å². The number of anilines is 1. The maximum atomic E-state index is 12.8. The van der Waals surface area contributed by atoms with Crippen molar-refractivity contribution in [2.75, 3.05) is 64.6 Å². The van der Waals surface area contributed by atoms with E-state index in [2.05, 4.69) is 36.2 Å². The number of nitrogen functional groups attached to an aromatic ring is 1. The number of imidazole rings is 1. The predicted octanol–water partition coefficient (Wildman–Crippen LogP) is -4.14. The Morgan fingerprint density at radius 2 is 1.35 bits per heavy atom. The third-order valence-electron chi connectivity index (χ3n) is 6.57. The van der Waals surface area contributed by atoms with Gasteiger partial charge in [0.15, 0.2) is 44.0 Å². The number of hydrogen-bond acceptors (Lipinski definition) is 18. The minimum absolute atomic E-state index is 0. The molecular weight excluding hydrogens is 824 g/mol. The molecule has 2 saturated heterocycles. The molecule has 0 aromatic carbocycles. The van der Waals surface area contributed by atoms with Crippen LogP contribution in [0.3, 0.4) is 0 Å². The largest absolute Gasteiger partial charge is 2.00 e. The van der Waals surface area contributed by atoms with Gasteiger partial charge in [0.05, 0.1) is 12.9 Å². The number of aromatic nitrogens is 4. The number of halogens is 6. The quantitative estimate of drug-likeness (QED) is 0.0664. The number of hydrogen-bond donors (Lipinski definition) is 7. The summed E-state index contributed by atoms with van der Waals surface area (Å²) in [5.41, 5.74) is -4.90. The van der Waals surface area contributed by atoms with Crippen molar-refractivity contribution >= 4 is 49.0 Å². The number of alkyl halides is 6. The molecule has 2 aromatic rings. The van der Waals surface area contributed by atoms with E-state index in [9.17, 15) is 46.1 Å². The molecule has 52 heavy (non-hydrogen) atoms. The molecule has 4 atom stereocenters. The summed E-state index contributed by atoms with van der Waals surface area (Å²) in [5.74, 6) is -0.810. The van der Waals surface area contributed by atoms with Crippen molar-refractivity contribution in [3.8, 4) is 0 Å². The molecule has 2 aromatic heterocycles. The molecule has 292 valence electrons. The van der Waals surface area contributed by atoms with E-state index < -0.39 is 61.7 Å². The number of aliphatic hydroxyl groups excluding tert-OH is 2. The first-order chi connectivity index (χ1) is 23.5. The topological polar surface area (TPSA) is 319 Å². The van der Waals surface area contributed by atoms with Gasteiger partial charge in [0.2, 0.25) is 5.91 Å². The van der Waals surface area contributed by atoms with E-state index in [0.29, 0.717) is 37.3 Å². The van der Waals surface area contributed by atoms with Crippen LogP contribution in [0.15, 0.2) is 12.7 Å². The Kier molecular flexibility index (Phi) is 18.1. The zero-order valence-corrected chi connectivity index (χ0v) is 31.1. The molecule has 0 bridgehead atoms. The summed E-state index contributed by atoms with van der Waals surface area (Å²) in [5, 5.41) is 33.4. The molecule has 30 heteroatoms. The van der Waals surface area contributed by atoms with E-state index in [-0.39, 0.29) is 37.7 Å². The van der Waals surface area contributed by atoms with Gasteiger partial charge in [-0.25, -0.2) is 31.8 Å². The molecule has 2 amide bonds. The maximum absolute atomic E-state index is 12.8. The summed E-state index contributed by atoms with van der Waals surface area (Å²) in [6.45, 7) is 5.28. The van der Waals surface area contributed by atoms with E-state index in [4.69, 9.17) is 36.4 Å². The normalized spacial score (nSPS) is 22.3. The predicted molar refractivity (Wildman–Crippen MR) is 155 cm³/mol. The fourth-order valence-corrected chi connectivity index (χ4v) is 4.06. The number of nitrogens with two attached hydrogens (primary N) is 1. The van der Waals surface area contributed by atoms with Crippen LogP contribution >= 0.6 is 0 Å². The van der Waals surface area contributed by atoms with Gasteiger partial charge in [0, 0.05) is 52.4 Å². The number of ether oxygens (including phenoxy) is 1. The standard InChI is InChI=1S/C20H32N10O5.2CHF3O3S.Zn/c21-17-13-18(27-10-26-17)30(11-28-13)20-15(33)14(32)16(35-20)19(34)25-9-12(31)29-7-5-23-3-1-22-2-4-24-6-8-29;2*2-1(3,4)8(5,6)7;/h10-11,14-16,20,22-24,32-33H,1-9H2,(H,25,34)(H2,21,26,27);2*(H,5,6,7);/q;;;+2/p-2/t14-,15+,16-,20+;;;/m0.../s1. The van der Waals surface area contributed by atoms with E-state index in [1.165, 1.54) is 17.2 Å². The molecule has 2 aliphatic heterocycles. The summed E-state index contributed by atoms with van der Waals surface area (Å²) < 4.78 is 125. The molecule has 21 nitrogen and oxygen atoms in total. The number of nitrogens with zero attached hydrogens (tertiary/aromatic N) is 5. The molecule has 8 N–H and O–H groups in total. The number of amides is 2. The fraction of sp³-hybridized carbons (Fsp3) is 0.682. The molecule has 0 spiro atoms. The van der Waals surface area contributed by atoms with Crippen LogP contribution in [0.2, 0.25) is 0 Å². The zero-order chi connectivity index (χ0) is 38.8. The Hall–Kier alpha value is -2.93. The zero-order valence-electron chi connectivity index (χ0n) is 26.5. The van der Waals surface area contributed by atoms with E-state index in [0.717, 1.165) is 26.2 Å². The maximum Gasteiger partial charge on any atom is 2.00 e. The second kappa shape index (κ2) is 19.9. The summed E-state index contributed by atoms with van der Waals surface area (Å²) in [6.07, 6.45) is -2.88. The Morgan fingerprint density at radius 3 is 1.81 bits per heavy atom. The molecule has 0 radical (unpaired) electrons. The van der Waals surface area contributed by atoms with Gasteiger partial charge in [-0.1, -0.05) is 0 Å². The fourth-order valence-electron chi connectivity index (χ4n) is 4.06. The van der Waals surface area contributed by atoms with Gasteiger partial charge in [-0.2, -0.15) is 26.3 Å². The van der Waals surface area contributed by atoms with Crippen molar-refractivity contribution in [2.45, 2.75) is 35.6 Å². The Bertz CT molecular complexity index is 1640. The van der Waals surface area contributed by atoms with Crippen LogP contribution in [0.1, 0.15) is 6.23 Å². The Balaban J connectivity index is 0.000000664. The first-order valence-corrected chi connectivity index (χ1v) is 17.0. The molecule has 4 rings (SSSR count). The monoisotopic (exact) mass is 854 g/mol. The number of carbonyl (C=O) groups is 2. The van der Waals surface area contributed by atoms with Crippen LogP contribution < -0.4 is 27.0 Å². The Morgan fingerprint density at radius 1 is 0.885 bits per heavy atom. The van der Waals surface area contributed by atoms with Crippen LogP contribution in [0.25, 0.3) is 11.2 Å². The molecule has 2 fully saturated rings. The van der Waals surface area contributed by atoms with Crippen LogP contribution in [0.5, 0.6) is 0 Å². The minimum Gasteiger partial charge on any atom is -0.741 e. The second-order valence-electron chi connectivity index (χ2n) is 10.2. The number of carbonyl (C=O) groups excluding carboxylic acids is 2.